The van der Waals surface area contributed by atoms with Crippen LogP contribution in [0.15, 0.2) is 16.9 Å². The fourth-order valence-electron chi connectivity index (χ4n) is 1.86. The van der Waals surface area contributed by atoms with Crippen LogP contribution in [0.25, 0.3) is 5.65 Å². The lowest BCUT2D eigenvalue weighted by molar-refractivity contribution is 0.355. The van der Waals surface area contributed by atoms with Gasteiger partial charge in [0.05, 0.1) is 0 Å². The van der Waals surface area contributed by atoms with Gasteiger partial charge in [0, 0.05) is 12.4 Å². The molecule has 19 heavy (non-hydrogen) atoms. The minimum atomic E-state index is -0.333. The number of halogens is 1. The highest BCUT2D eigenvalue weighted by atomic mass is 35.5. The van der Waals surface area contributed by atoms with Gasteiger partial charge in [0.1, 0.15) is 5.82 Å². The zero-order valence-electron chi connectivity index (χ0n) is 11.1. The molecule has 2 rings (SSSR count). The number of aromatic amines is 1. The standard InChI is InChI=1S/C12H18ClN5O/c1-12(2,6-3-7-13)8-14-9-4-5-10-15-16-11(19)18(10)17-9/h4-5H,3,6-8H2,1-2H3,(H,14,17)(H,16,19). The van der Waals surface area contributed by atoms with Crippen molar-refractivity contribution in [1.29, 1.82) is 0 Å². The van der Waals surface area contributed by atoms with Crippen LogP contribution in [0.3, 0.4) is 0 Å². The van der Waals surface area contributed by atoms with E-state index in [-0.39, 0.29) is 11.1 Å². The Kier molecular flexibility index (Phi) is 4.09. The number of nitrogens with zero attached hydrogens (tertiary/aromatic N) is 3. The molecule has 0 radical (unpaired) electrons. The average molecular weight is 284 g/mol. The highest BCUT2D eigenvalue weighted by Crippen LogP contribution is 2.22. The first-order chi connectivity index (χ1) is 9.02. The van der Waals surface area contributed by atoms with Gasteiger partial charge in [0.25, 0.3) is 0 Å². The van der Waals surface area contributed by atoms with E-state index in [1.807, 2.05) is 6.07 Å². The van der Waals surface area contributed by atoms with Crippen LogP contribution in [0.2, 0.25) is 0 Å². The van der Waals surface area contributed by atoms with Gasteiger partial charge < -0.3 is 5.32 Å². The first kappa shape index (κ1) is 13.9. The number of hydrogen-bond acceptors (Lipinski definition) is 4. The SMILES string of the molecule is CC(C)(CCCCl)CNc1ccc2n[nH]c(=O)n2n1. The van der Waals surface area contributed by atoms with Crippen molar-refractivity contribution >= 4 is 23.1 Å². The molecule has 0 bridgehead atoms. The second-order valence-electron chi connectivity index (χ2n) is 5.33. The normalized spacial score (nSPS) is 11.9. The third-order valence-corrected chi connectivity index (χ3v) is 3.28. The second-order valence-corrected chi connectivity index (χ2v) is 5.71. The van der Waals surface area contributed by atoms with E-state index >= 15 is 0 Å². The molecule has 2 aromatic rings. The number of alkyl halides is 1. The lowest BCUT2D eigenvalue weighted by Crippen LogP contribution is -2.24. The molecule has 0 aliphatic rings. The molecule has 0 amide bonds. The van der Waals surface area contributed by atoms with Crippen molar-refractivity contribution in [2.75, 3.05) is 17.7 Å². The van der Waals surface area contributed by atoms with Gasteiger partial charge in [-0.25, -0.2) is 9.89 Å². The fourth-order valence-corrected chi connectivity index (χ4v) is 1.99. The Morgan fingerprint density at radius 1 is 1.47 bits per heavy atom. The summed E-state index contributed by atoms with van der Waals surface area (Å²) in [6.07, 6.45) is 2.03. The van der Waals surface area contributed by atoms with Crippen LogP contribution >= 0.6 is 11.6 Å². The molecule has 2 N–H and O–H groups in total. The molecule has 0 aliphatic heterocycles. The van der Waals surface area contributed by atoms with Crippen LogP contribution in [0, 0.1) is 5.41 Å². The lowest BCUT2D eigenvalue weighted by Gasteiger charge is -2.24. The van der Waals surface area contributed by atoms with Crippen molar-refractivity contribution in [3.63, 3.8) is 0 Å². The molecule has 2 aromatic heterocycles. The van der Waals surface area contributed by atoms with E-state index in [4.69, 9.17) is 11.6 Å². The van der Waals surface area contributed by atoms with Crippen LogP contribution in [-0.2, 0) is 0 Å². The van der Waals surface area contributed by atoms with E-state index in [9.17, 15) is 4.79 Å². The van der Waals surface area contributed by atoms with Crippen molar-refractivity contribution in [2.45, 2.75) is 26.7 Å². The molecule has 0 spiro atoms. The number of fused-ring (bicyclic) bond motifs is 1. The Morgan fingerprint density at radius 2 is 2.26 bits per heavy atom. The minimum Gasteiger partial charge on any atom is -0.368 e. The van der Waals surface area contributed by atoms with Crippen molar-refractivity contribution in [1.82, 2.24) is 19.8 Å². The topological polar surface area (TPSA) is 75.1 Å². The molecule has 2 heterocycles. The summed E-state index contributed by atoms with van der Waals surface area (Å²) < 4.78 is 1.24. The number of hydrogen-bond donors (Lipinski definition) is 2. The number of nitrogens with one attached hydrogen (secondary N) is 2. The van der Waals surface area contributed by atoms with Crippen LogP contribution in [-0.4, -0.2) is 32.2 Å². The van der Waals surface area contributed by atoms with E-state index in [1.165, 1.54) is 4.52 Å². The maximum absolute atomic E-state index is 11.4. The second kappa shape index (κ2) is 5.61. The predicted molar refractivity (Wildman–Crippen MR) is 75.8 cm³/mol. The largest absolute Gasteiger partial charge is 0.368 e. The Morgan fingerprint density at radius 3 is 3.00 bits per heavy atom. The highest BCUT2D eigenvalue weighted by molar-refractivity contribution is 6.17. The maximum Gasteiger partial charge on any atom is 0.364 e. The van der Waals surface area contributed by atoms with Crippen molar-refractivity contribution in [3.8, 4) is 0 Å². The van der Waals surface area contributed by atoms with Gasteiger partial charge in [-0.05, 0) is 30.4 Å². The van der Waals surface area contributed by atoms with Gasteiger partial charge >= 0.3 is 5.69 Å². The number of anilines is 1. The van der Waals surface area contributed by atoms with Crippen molar-refractivity contribution < 1.29 is 0 Å². The van der Waals surface area contributed by atoms with Gasteiger partial charge in [-0.15, -0.1) is 16.7 Å². The zero-order valence-corrected chi connectivity index (χ0v) is 11.9. The first-order valence-corrected chi connectivity index (χ1v) is 6.80. The van der Waals surface area contributed by atoms with Crippen LogP contribution in [0.1, 0.15) is 26.7 Å². The molecule has 7 heteroatoms. The molecule has 0 fully saturated rings. The molecular formula is C12H18ClN5O. The summed E-state index contributed by atoms with van der Waals surface area (Å²) in [5.41, 5.74) is 0.310. The Hall–Kier alpha value is -1.56. The minimum absolute atomic E-state index is 0.132. The molecule has 0 atom stereocenters. The molecule has 0 saturated heterocycles. The van der Waals surface area contributed by atoms with Gasteiger partial charge in [-0.3, -0.25) is 0 Å². The third kappa shape index (κ3) is 3.47. The highest BCUT2D eigenvalue weighted by Gasteiger charge is 2.17. The Balaban J connectivity index is 2.05. The van der Waals surface area contributed by atoms with Gasteiger partial charge in [-0.2, -0.15) is 9.61 Å². The molecule has 0 aliphatic carbocycles. The summed E-state index contributed by atoms with van der Waals surface area (Å²) in [6, 6.07) is 3.56. The number of H-pyrrole nitrogens is 1. The van der Waals surface area contributed by atoms with Gasteiger partial charge in [-0.1, -0.05) is 13.8 Å². The smallest absolute Gasteiger partial charge is 0.364 e. The maximum atomic E-state index is 11.4. The molecule has 0 saturated carbocycles. The van der Waals surface area contributed by atoms with E-state index in [1.54, 1.807) is 6.07 Å². The quantitative estimate of drug-likeness (QED) is 0.794. The fraction of sp³-hybridized carbons (Fsp3) is 0.583. The van der Waals surface area contributed by atoms with E-state index in [2.05, 4.69) is 34.5 Å². The summed E-state index contributed by atoms with van der Waals surface area (Å²) in [5, 5.41) is 13.6. The van der Waals surface area contributed by atoms with Gasteiger partial charge in [0.2, 0.25) is 0 Å². The molecule has 6 nitrogen and oxygen atoms in total. The third-order valence-electron chi connectivity index (χ3n) is 3.01. The summed E-state index contributed by atoms with van der Waals surface area (Å²) in [4.78, 5) is 11.4. The Bertz CT molecular complexity index is 603. The van der Waals surface area contributed by atoms with Crippen molar-refractivity contribution in [2.24, 2.45) is 5.41 Å². The van der Waals surface area contributed by atoms with E-state index in [0.717, 1.165) is 19.4 Å². The predicted octanol–water partition coefficient (Wildman–Crippen LogP) is 1.87. The summed E-state index contributed by atoms with van der Waals surface area (Å²) in [6.45, 7) is 5.12. The number of rotatable bonds is 6. The van der Waals surface area contributed by atoms with Crippen LogP contribution in [0.5, 0.6) is 0 Å². The summed E-state index contributed by atoms with van der Waals surface area (Å²) in [7, 11) is 0. The Labute approximate surface area is 116 Å². The zero-order chi connectivity index (χ0) is 13.9. The summed E-state index contributed by atoms with van der Waals surface area (Å²) in [5.74, 6) is 1.34. The lowest BCUT2D eigenvalue weighted by atomic mass is 9.88. The number of aromatic nitrogens is 4. The monoisotopic (exact) mass is 283 g/mol. The molecule has 0 unspecified atom stereocenters. The molecular weight excluding hydrogens is 266 g/mol. The van der Waals surface area contributed by atoms with E-state index < -0.39 is 0 Å². The average Bonchev–Trinajstić information content (AvgIpc) is 2.76. The molecule has 104 valence electrons. The summed E-state index contributed by atoms with van der Waals surface area (Å²) >= 11 is 5.71. The van der Waals surface area contributed by atoms with Crippen molar-refractivity contribution in [3.05, 3.63) is 22.6 Å². The van der Waals surface area contributed by atoms with Gasteiger partial charge in [0.15, 0.2) is 5.65 Å². The van der Waals surface area contributed by atoms with Crippen LogP contribution < -0.4 is 11.0 Å². The van der Waals surface area contributed by atoms with E-state index in [0.29, 0.717) is 17.3 Å². The molecule has 0 aromatic carbocycles. The first-order valence-electron chi connectivity index (χ1n) is 6.26. The van der Waals surface area contributed by atoms with Crippen LogP contribution in [0.4, 0.5) is 5.82 Å².